The van der Waals surface area contributed by atoms with Crippen LogP contribution in [0.5, 0.6) is 0 Å². The molecule has 0 heteroatoms. The summed E-state index contributed by atoms with van der Waals surface area (Å²) in [6, 6.07) is 18.3. The maximum Gasteiger partial charge on any atom is 0.0134 e. The number of fused-ring (bicyclic) bond motifs is 5. The first-order valence-corrected chi connectivity index (χ1v) is 19.4. The second kappa shape index (κ2) is 13.3. The van der Waals surface area contributed by atoms with E-state index in [-0.39, 0.29) is 0 Å². The summed E-state index contributed by atoms with van der Waals surface area (Å²) >= 11 is 0. The Kier molecular flexibility index (Phi) is 7.98. The lowest BCUT2D eigenvalue weighted by atomic mass is 9.65. The zero-order valence-corrected chi connectivity index (χ0v) is 29.6. The molecule has 252 valence electrons. The van der Waals surface area contributed by atoms with Crippen LogP contribution in [0.15, 0.2) is 204 Å². The minimum absolute atomic E-state index is 0.296. The molecule has 0 heterocycles. The van der Waals surface area contributed by atoms with Crippen molar-refractivity contribution >= 4 is 22.8 Å². The minimum atomic E-state index is 0.296. The number of benzene rings is 2. The second-order valence-corrected chi connectivity index (χ2v) is 15.3. The molecule has 8 aliphatic carbocycles. The van der Waals surface area contributed by atoms with Crippen LogP contribution in [0, 0.1) is 35.5 Å². The third kappa shape index (κ3) is 5.36. The molecule has 0 radical (unpaired) electrons. The molecule has 0 aromatic heterocycles. The van der Waals surface area contributed by atoms with E-state index in [1.54, 1.807) is 0 Å². The SMILES string of the molecule is C1=CCCC(C2=CC=C(C=CC3=CC=C(C4=c5ccccc5=C(C5=c6ccccc6=CC6C=CC=CC56)C5C=CC=CC45)CC3)C3C=CC=CC23)=C1. The first-order chi connectivity index (χ1) is 25.8. The molecule has 8 aliphatic rings. The van der Waals surface area contributed by atoms with Gasteiger partial charge >= 0.3 is 0 Å². The Morgan fingerprint density at radius 1 is 0.462 bits per heavy atom. The van der Waals surface area contributed by atoms with Gasteiger partial charge in [-0.2, -0.15) is 0 Å². The van der Waals surface area contributed by atoms with Gasteiger partial charge in [0.05, 0.1) is 0 Å². The van der Waals surface area contributed by atoms with Crippen LogP contribution in [0.4, 0.5) is 0 Å². The summed E-state index contributed by atoms with van der Waals surface area (Å²) in [6.07, 6.45) is 56.1. The molecule has 0 fully saturated rings. The van der Waals surface area contributed by atoms with Crippen molar-refractivity contribution in [1.29, 1.82) is 0 Å². The largest absolute Gasteiger partial charge is 0.0842 e. The van der Waals surface area contributed by atoms with Gasteiger partial charge in [0, 0.05) is 35.5 Å². The van der Waals surface area contributed by atoms with Gasteiger partial charge in [0.25, 0.3) is 0 Å². The highest BCUT2D eigenvalue weighted by molar-refractivity contribution is 5.96. The fourth-order valence-corrected chi connectivity index (χ4v) is 10.0. The lowest BCUT2D eigenvalue weighted by Crippen LogP contribution is -2.44. The summed E-state index contributed by atoms with van der Waals surface area (Å²) in [5, 5.41) is 5.56. The van der Waals surface area contributed by atoms with E-state index in [1.807, 2.05) is 0 Å². The lowest BCUT2D eigenvalue weighted by molar-refractivity contribution is 0.602. The maximum atomic E-state index is 2.48. The Morgan fingerprint density at radius 3 is 1.90 bits per heavy atom. The smallest absolute Gasteiger partial charge is 0.0134 e. The maximum absolute atomic E-state index is 2.48. The molecule has 0 N–H and O–H groups in total. The molecule has 0 nitrogen and oxygen atoms in total. The van der Waals surface area contributed by atoms with Crippen LogP contribution in [-0.2, 0) is 0 Å². The summed E-state index contributed by atoms with van der Waals surface area (Å²) in [5.74, 6) is 2.14. The van der Waals surface area contributed by atoms with Crippen LogP contribution in [0.2, 0.25) is 0 Å². The molecule has 0 spiro atoms. The Bertz CT molecular complexity index is 2530. The summed E-state index contributed by atoms with van der Waals surface area (Å²) in [4.78, 5) is 0. The van der Waals surface area contributed by atoms with Gasteiger partial charge in [-0.25, -0.2) is 0 Å². The average molecular weight is 669 g/mol. The number of hydrogen-bond donors (Lipinski definition) is 0. The van der Waals surface area contributed by atoms with E-state index in [4.69, 9.17) is 0 Å². The zero-order chi connectivity index (χ0) is 34.4. The Labute approximate surface area is 307 Å². The Balaban J connectivity index is 1.06. The first-order valence-electron chi connectivity index (χ1n) is 19.4. The quantitative estimate of drug-likeness (QED) is 0.298. The van der Waals surface area contributed by atoms with Crippen molar-refractivity contribution < 1.29 is 0 Å². The van der Waals surface area contributed by atoms with Crippen LogP contribution in [0.1, 0.15) is 25.7 Å². The van der Waals surface area contributed by atoms with Crippen LogP contribution in [-0.4, -0.2) is 0 Å². The molecule has 52 heavy (non-hydrogen) atoms. The highest BCUT2D eigenvalue weighted by Gasteiger charge is 2.37. The first kappa shape index (κ1) is 31.3. The van der Waals surface area contributed by atoms with E-state index in [1.165, 1.54) is 65.5 Å². The molecule has 0 saturated heterocycles. The van der Waals surface area contributed by atoms with Crippen molar-refractivity contribution in [3.05, 3.63) is 225 Å². The van der Waals surface area contributed by atoms with Crippen molar-refractivity contribution in [1.82, 2.24) is 0 Å². The number of rotatable bonds is 5. The highest BCUT2D eigenvalue weighted by Crippen LogP contribution is 2.46. The van der Waals surface area contributed by atoms with E-state index < -0.39 is 0 Å². The van der Waals surface area contributed by atoms with Crippen LogP contribution in [0.3, 0.4) is 0 Å². The van der Waals surface area contributed by atoms with Gasteiger partial charge in [-0.05, 0) is 91.1 Å². The standard InChI is InChI=1S/C52H44/c1-2-14-36(15-3-1)42-33-32-37(41-18-8-9-21-45(41)42)29-26-35-27-30-38(31-28-35)50-46-22-10-12-24-48(46)52(49-25-13-11-23-47(49)50)51-43-19-6-4-16-39(43)34-40-17-5-7-20-44(40)51/h1-2,4-14,16-27,29-30,32-34,39,41,43,45-46,48H,3,15,28,31H2. The Morgan fingerprint density at radius 2 is 1.13 bits per heavy atom. The van der Waals surface area contributed by atoms with E-state index >= 15 is 0 Å². The monoisotopic (exact) mass is 668 g/mol. The fraction of sp³-hybridized carbons (Fsp3) is 0.192. The molecule has 2 aromatic rings. The molecular weight excluding hydrogens is 625 g/mol. The molecular formula is C52H44. The summed E-state index contributed by atoms with van der Waals surface area (Å²) < 4.78 is 0. The van der Waals surface area contributed by atoms with E-state index in [0.717, 1.165) is 25.7 Å². The van der Waals surface area contributed by atoms with Crippen LogP contribution in [0.25, 0.3) is 22.8 Å². The predicted molar refractivity (Wildman–Crippen MR) is 219 cm³/mol. The van der Waals surface area contributed by atoms with Gasteiger partial charge in [0.2, 0.25) is 0 Å². The van der Waals surface area contributed by atoms with Crippen molar-refractivity contribution in [3.8, 4) is 0 Å². The van der Waals surface area contributed by atoms with E-state index in [2.05, 4.69) is 182 Å². The van der Waals surface area contributed by atoms with Gasteiger partial charge < -0.3 is 0 Å². The van der Waals surface area contributed by atoms with Gasteiger partial charge in [-0.1, -0.05) is 182 Å². The molecule has 2 aromatic carbocycles. The Hall–Kier alpha value is -5.46. The van der Waals surface area contributed by atoms with Gasteiger partial charge in [-0.15, -0.1) is 0 Å². The van der Waals surface area contributed by atoms with E-state index in [0.29, 0.717) is 35.5 Å². The summed E-state index contributed by atoms with van der Waals surface area (Å²) in [5.41, 5.74) is 11.8. The summed E-state index contributed by atoms with van der Waals surface area (Å²) in [7, 11) is 0. The predicted octanol–water partition coefficient (Wildman–Crippen LogP) is 9.07. The molecule has 6 atom stereocenters. The second-order valence-electron chi connectivity index (χ2n) is 15.3. The highest BCUT2D eigenvalue weighted by atomic mass is 14.4. The molecule has 0 saturated carbocycles. The molecule has 10 rings (SSSR count). The van der Waals surface area contributed by atoms with Gasteiger partial charge in [0.1, 0.15) is 0 Å². The average Bonchev–Trinajstić information content (AvgIpc) is 3.22. The number of allylic oxidation sites excluding steroid dienone is 26. The molecule has 6 unspecified atom stereocenters. The molecule has 0 bridgehead atoms. The van der Waals surface area contributed by atoms with Crippen molar-refractivity contribution in [2.24, 2.45) is 35.5 Å². The normalized spacial score (nSPS) is 29.2. The third-order valence-corrected chi connectivity index (χ3v) is 12.5. The minimum Gasteiger partial charge on any atom is -0.0842 e. The van der Waals surface area contributed by atoms with Crippen LogP contribution < -0.4 is 20.9 Å². The lowest BCUT2D eigenvalue weighted by Gasteiger charge is -2.38. The fourth-order valence-electron chi connectivity index (χ4n) is 10.0. The molecule has 0 aliphatic heterocycles. The van der Waals surface area contributed by atoms with Gasteiger partial charge in [0.15, 0.2) is 0 Å². The summed E-state index contributed by atoms with van der Waals surface area (Å²) in [6.45, 7) is 0. The van der Waals surface area contributed by atoms with Gasteiger partial charge in [-0.3, -0.25) is 0 Å². The van der Waals surface area contributed by atoms with Crippen LogP contribution >= 0.6 is 0 Å². The third-order valence-electron chi connectivity index (χ3n) is 12.5. The van der Waals surface area contributed by atoms with Crippen molar-refractivity contribution in [2.75, 3.05) is 0 Å². The van der Waals surface area contributed by atoms with Crippen molar-refractivity contribution in [2.45, 2.75) is 25.7 Å². The van der Waals surface area contributed by atoms with Crippen molar-refractivity contribution in [3.63, 3.8) is 0 Å². The number of hydrogen-bond acceptors (Lipinski definition) is 0. The topological polar surface area (TPSA) is 0 Å². The van der Waals surface area contributed by atoms with E-state index in [9.17, 15) is 0 Å². The zero-order valence-electron chi connectivity index (χ0n) is 29.6. The molecule has 0 amide bonds.